The number of carbonyl (C=O) groups excluding carboxylic acids is 3. The molecular formula is C24H37BrN2O5S. The predicted molar refractivity (Wildman–Crippen MR) is 131 cm³/mol. The Labute approximate surface area is 209 Å². The van der Waals surface area contributed by atoms with Gasteiger partial charge in [-0.25, -0.2) is 0 Å². The zero-order valence-electron chi connectivity index (χ0n) is 19.8. The monoisotopic (exact) mass is 544 g/mol. The standard InChI is InChI=1S/C24H37BrN2O5S/c1-4-13(3)16(12-28)27-20(21(29)26-14-9-7-6-8-10-14)24-11-15(25)19(33-24)17(18(24)22(27)30)23(31)32-5-2/h13-20,28H,4-12H2,1-3H3,(H,26,29)/t13-,15?,16-,17+,18-,19+,20?,24?/m0/s1. The van der Waals surface area contributed by atoms with E-state index in [1.165, 1.54) is 6.42 Å². The minimum atomic E-state index is -0.697. The van der Waals surface area contributed by atoms with Gasteiger partial charge in [0.2, 0.25) is 11.8 Å². The van der Waals surface area contributed by atoms with Gasteiger partial charge in [-0.15, -0.1) is 11.8 Å². The number of aliphatic hydroxyl groups excluding tert-OH is 1. The molecule has 4 fully saturated rings. The largest absolute Gasteiger partial charge is 0.466 e. The number of thioether (sulfide) groups is 1. The Hall–Kier alpha value is -0.800. The first kappa shape index (κ1) is 25.3. The number of nitrogens with one attached hydrogen (secondary N) is 1. The van der Waals surface area contributed by atoms with Crippen molar-refractivity contribution in [3.8, 4) is 0 Å². The Morgan fingerprint density at radius 3 is 2.61 bits per heavy atom. The number of nitrogens with zero attached hydrogens (tertiary/aromatic N) is 1. The average molecular weight is 546 g/mol. The van der Waals surface area contributed by atoms with Crippen molar-refractivity contribution in [2.75, 3.05) is 13.2 Å². The number of rotatable bonds is 8. The zero-order chi connectivity index (χ0) is 23.9. The SMILES string of the molecule is CCOC(=O)[C@H]1[C@@H]2SC3(CC2Br)C(C(=O)NC2CCCCC2)N([C@@H](CO)[C@@H](C)CC)C(=O)[C@H]13. The number of hydrogen-bond acceptors (Lipinski definition) is 6. The quantitative estimate of drug-likeness (QED) is 0.360. The molecule has 3 saturated heterocycles. The van der Waals surface area contributed by atoms with Gasteiger partial charge >= 0.3 is 5.97 Å². The van der Waals surface area contributed by atoms with Gasteiger partial charge in [0.05, 0.1) is 35.8 Å². The predicted octanol–water partition coefficient (Wildman–Crippen LogP) is 2.87. The molecule has 33 heavy (non-hydrogen) atoms. The summed E-state index contributed by atoms with van der Waals surface area (Å²) in [6.45, 7) is 5.87. The molecule has 0 radical (unpaired) electrons. The van der Waals surface area contributed by atoms with E-state index >= 15 is 0 Å². The van der Waals surface area contributed by atoms with Crippen LogP contribution in [0.5, 0.6) is 0 Å². The first-order valence-corrected chi connectivity index (χ1v) is 14.3. The maximum atomic E-state index is 14.0. The molecule has 9 heteroatoms. The van der Waals surface area contributed by atoms with Crippen LogP contribution in [0.2, 0.25) is 0 Å². The van der Waals surface area contributed by atoms with Crippen molar-refractivity contribution in [2.45, 2.75) is 98.7 Å². The highest BCUT2D eigenvalue weighted by Gasteiger charge is 2.76. The Kier molecular flexibility index (Phi) is 7.71. The number of ether oxygens (including phenoxy) is 1. The van der Waals surface area contributed by atoms with Crippen LogP contribution >= 0.6 is 27.7 Å². The van der Waals surface area contributed by atoms with Gasteiger partial charge in [0.25, 0.3) is 0 Å². The molecule has 0 aromatic heterocycles. The molecular weight excluding hydrogens is 508 g/mol. The van der Waals surface area contributed by atoms with Crippen LogP contribution in [0.1, 0.15) is 65.7 Å². The molecule has 186 valence electrons. The molecule has 3 aliphatic heterocycles. The van der Waals surface area contributed by atoms with E-state index in [9.17, 15) is 19.5 Å². The number of aliphatic hydroxyl groups is 1. The second-order valence-electron chi connectivity index (χ2n) is 10.1. The van der Waals surface area contributed by atoms with Crippen molar-refractivity contribution in [3.63, 3.8) is 0 Å². The van der Waals surface area contributed by atoms with E-state index in [1.54, 1.807) is 23.6 Å². The fraction of sp³-hybridized carbons (Fsp3) is 0.875. The number of alkyl halides is 1. The van der Waals surface area contributed by atoms with Crippen molar-refractivity contribution < 1.29 is 24.2 Å². The molecule has 4 rings (SSSR count). The van der Waals surface area contributed by atoms with Gasteiger partial charge in [0.1, 0.15) is 6.04 Å². The van der Waals surface area contributed by atoms with E-state index in [4.69, 9.17) is 4.74 Å². The number of likely N-dealkylation sites (tertiary alicyclic amines) is 1. The third kappa shape index (κ3) is 4.14. The molecule has 1 saturated carbocycles. The van der Waals surface area contributed by atoms with Crippen LogP contribution in [-0.2, 0) is 19.1 Å². The van der Waals surface area contributed by atoms with Gasteiger partial charge in [-0.05, 0) is 32.1 Å². The van der Waals surface area contributed by atoms with Crippen LogP contribution in [0, 0.1) is 17.8 Å². The topological polar surface area (TPSA) is 95.9 Å². The van der Waals surface area contributed by atoms with E-state index in [2.05, 4.69) is 21.2 Å². The summed E-state index contributed by atoms with van der Waals surface area (Å²) in [7, 11) is 0. The lowest BCUT2D eigenvalue weighted by Gasteiger charge is -2.40. The minimum Gasteiger partial charge on any atom is -0.466 e. The number of amides is 2. The maximum absolute atomic E-state index is 14.0. The molecule has 3 heterocycles. The molecule has 1 aliphatic carbocycles. The Morgan fingerprint density at radius 1 is 1.30 bits per heavy atom. The van der Waals surface area contributed by atoms with Crippen molar-refractivity contribution >= 4 is 45.5 Å². The first-order valence-electron chi connectivity index (χ1n) is 12.5. The Balaban J connectivity index is 1.74. The fourth-order valence-electron chi connectivity index (χ4n) is 6.57. The van der Waals surface area contributed by atoms with Crippen molar-refractivity contribution in [1.82, 2.24) is 10.2 Å². The molecule has 0 aromatic rings. The number of halogens is 1. The van der Waals surface area contributed by atoms with Gasteiger partial charge < -0.3 is 20.1 Å². The number of carbonyl (C=O) groups is 3. The first-order chi connectivity index (χ1) is 15.8. The second-order valence-corrected chi connectivity index (χ2v) is 12.9. The highest BCUT2D eigenvalue weighted by atomic mass is 79.9. The average Bonchev–Trinajstić information content (AvgIpc) is 3.39. The van der Waals surface area contributed by atoms with Gasteiger partial charge in [-0.3, -0.25) is 14.4 Å². The fourth-order valence-corrected chi connectivity index (χ4v) is 10.2. The summed E-state index contributed by atoms with van der Waals surface area (Å²) in [5.41, 5.74) is 0. The molecule has 3 unspecified atom stereocenters. The summed E-state index contributed by atoms with van der Waals surface area (Å²) in [5.74, 6) is -1.80. The van der Waals surface area contributed by atoms with Gasteiger partial charge in [-0.2, -0.15) is 0 Å². The molecule has 8 atom stereocenters. The minimum absolute atomic E-state index is 0.0297. The summed E-state index contributed by atoms with van der Waals surface area (Å²) in [6.07, 6.45) is 6.73. The van der Waals surface area contributed by atoms with Crippen LogP contribution in [-0.4, -0.2) is 74.0 Å². The van der Waals surface area contributed by atoms with Crippen molar-refractivity contribution in [1.29, 1.82) is 0 Å². The van der Waals surface area contributed by atoms with Crippen molar-refractivity contribution in [3.05, 3.63) is 0 Å². The summed E-state index contributed by atoms with van der Waals surface area (Å²) < 4.78 is 4.71. The van der Waals surface area contributed by atoms with Gasteiger partial charge in [-0.1, -0.05) is 55.5 Å². The van der Waals surface area contributed by atoms with Gasteiger partial charge in [0, 0.05) is 16.1 Å². The van der Waals surface area contributed by atoms with Crippen LogP contribution in [0.4, 0.5) is 0 Å². The third-order valence-electron chi connectivity index (χ3n) is 8.33. The van der Waals surface area contributed by atoms with Crippen LogP contribution < -0.4 is 5.32 Å². The molecule has 0 aromatic carbocycles. The summed E-state index contributed by atoms with van der Waals surface area (Å²) in [6, 6.07) is -1.03. The summed E-state index contributed by atoms with van der Waals surface area (Å²) >= 11 is 5.38. The molecule has 2 N–H and O–H groups in total. The molecule has 2 bridgehead atoms. The van der Waals surface area contributed by atoms with E-state index in [0.29, 0.717) is 6.42 Å². The lowest BCUT2D eigenvalue weighted by Crippen LogP contribution is -2.59. The smallest absolute Gasteiger partial charge is 0.310 e. The van der Waals surface area contributed by atoms with Crippen LogP contribution in [0.25, 0.3) is 0 Å². The van der Waals surface area contributed by atoms with E-state index < -0.39 is 28.7 Å². The normalized spacial score (nSPS) is 37.7. The summed E-state index contributed by atoms with van der Waals surface area (Å²) in [4.78, 5) is 42.6. The molecule has 2 amide bonds. The Morgan fingerprint density at radius 2 is 2.00 bits per heavy atom. The second kappa shape index (κ2) is 10.1. The van der Waals surface area contributed by atoms with E-state index in [-0.39, 0.29) is 53.0 Å². The number of esters is 1. The molecule has 4 aliphatic rings. The highest BCUT2D eigenvalue weighted by molar-refractivity contribution is 9.09. The van der Waals surface area contributed by atoms with Crippen LogP contribution in [0.15, 0.2) is 0 Å². The zero-order valence-corrected chi connectivity index (χ0v) is 22.2. The molecule has 7 nitrogen and oxygen atoms in total. The van der Waals surface area contributed by atoms with Crippen molar-refractivity contribution in [2.24, 2.45) is 17.8 Å². The maximum Gasteiger partial charge on any atom is 0.310 e. The lowest BCUT2D eigenvalue weighted by atomic mass is 9.71. The number of fused-ring (bicyclic) bond motifs is 1. The lowest BCUT2D eigenvalue weighted by molar-refractivity contribution is -0.154. The van der Waals surface area contributed by atoms with Gasteiger partial charge in [0.15, 0.2) is 0 Å². The third-order valence-corrected chi connectivity index (χ3v) is 11.6. The number of hydrogen-bond donors (Lipinski definition) is 2. The van der Waals surface area contributed by atoms with E-state index in [0.717, 1.165) is 32.1 Å². The molecule has 1 spiro atoms. The Bertz CT molecular complexity index is 778. The summed E-state index contributed by atoms with van der Waals surface area (Å²) in [5, 5.41) is 13.5. The highest BCUT2D eigenvalue weighted by Crippen LogP contribution is 2.68. The van der Waals surface area contributed by atoms with E-state index in [1.807, 2.05) is 13.8 Å². The van der Waals surface area contributed by atoms with Crippen LogP contribution in [0.3, 0.4) is 0 Å².